The number of nitrogens with two attached hydrogens (primary N) is 1. The first-order chi connectivity index (χ1) is 8.83. The van der Waals surface area contributed by atoms with Gasteiger partial charge in [-0.1, -0.05) is 31.9 Å². The first-order valence-corrected chi connectivity index (χ1v) is 10.5. The molecule has 3 nitrogen and oxygen atoms in total. The lowest BCUT2D eigenvalue weighted by atomic mass is 9.98. The Labute approximate surface area is 117 Å². The Morgan fingerprint density at radius 1 is 1.21 bits per heavy atom. The lowest BCUT2D eigenvalue weighted by Gasteiger charge is -2.21. The van der Waals surface area contributed by atoms with Crippen LogP contribution < -0.4 is 10.2 Å². The standard InChI is InChI=1S/C15H27NO2Si/c1-5-6-7-14(17)15(16)12-8-10-13(11-9-12)18-19(2,3)4/h8-11,14-15,17H,5-7,16H2,1-4H3/t14-,15+/m0/s1. The van der Waals surface area contributed by atoms with Gasteiger partial charge in [-0.25, -0.2) is 0 Å². The van der Waals surface area contributed by atoms with Crippen LogP contribution in [-0.4, -0.2) is 19.5 Å². The molecule has 3 N–H and O–H groups in total. The van der Waals surface area contributed by atoms with Crippen molar-refractivity contribution in [1.29, 1.82) is 0 Å². The van der Waals surface area contributed by atoms with Crippen molar-refractivity contribution in [3.63, 3.8) is 0 Å². The molecule has 0 spiro atoms. The van der Waals surface area contributed by atoms with E-state index in [-0.39, 0.29) is 6.04 Å². The zero-order valence-corrected chi connectivity index (χ0v) is 13.5. The highest BCUT2D eigenvalue weighted by molar-refractivity contribution is 6.70. The van der Waals surface area contributed by atoms with Gasteiger partial charge in [0.1, 0.15) is 5.75 Å². The highest BCUT2D eigenvalue weighted by atomic mass is 28.4. The van der Waals surface area contributed by atoms with Gasteiger partial charge in [0.15, 0.2) is 0 Å². The Balaban J connectivity index is 2.65. The summed E-state index contributed by atoms with van der Waals surface area (Å²) in [5, 5.41) is 10.0. The van der Waals surface area contributed by atoms with Crippen molar-refractivity contribution in [2.75, 3.05) is 0 Å². The third-order valence-corrected chi connectivity index (χ3v) is 3.81. The van der Waals surface area contributed by atoms with Gasteiger partial charge in [-0.3, -0.25) is 0 Å². The molecule has 0 aliphatic heterocycles. The molecule has 19 heavy (non-hydrogen) atoms. The van der Waals surface area contributed by atoms with Crippen LogP contribution in [0.4, 0.5) is 0 Å². The van der Waals surface area contributed by atoms with Crippen LogP contribution in [0.15, 0.2) is 24.3 Å². The molecule has 0 aromatic heterocycles. The molecule has 0 bridgehead atoms. The van der Waals surface area contributed by atoms with Crippen molar-refractivity contribution in [3.05, 3.63) is 29.8 Å². The minimum absolute atomic E-state index is 0.313. The van der Waals surface area contributed by atoms with Crippen molar-refractivity contribution in [2.45, 2.75) is 58.0 Å². The Bertz CT molecular complexity index is 373. The second kappa shape index (κ2) is 7.08. The summed E-state index contributed by atoms with van der Waals surface area (Å²) in [6.07, 6.45) is 2.37. The van der Waals surface area contributed by atoms with Gasteiger partial charge >= 0.3 is 0 Å². The number of unbranched alkanes of at least 4 members (excludes halogenated alkanes) is 1. The molecule has 2 atom stereocenters. The van der Waals surface area contributed by atoms with Crippen molar-refractivity contribution < 1.29 is 9.53 Å². The predicted molar refractivity (Wildman–Crippen MR) is 82.9 cm³/mol. The number of aliphatic hydroxyl groups is 1. The molecule has 0 radical (unpaired) electrons. The van der Waals surface area contributed by atoms with E-state index in [0.717, 1.165) is 30.6 Å². The third-order valence-electron chi connectivity index (χ3n) is 2.96. The summed E-state index contributed by atoms with van der Waals surface area (Å²) in [7, 11) is -1.56. The molecule has 0 heterocycles. The fraction of sp³-hybridized carbons (Fsp3) is 0.600. The summed E-state index contributed by atoms with van der Waals surface area (Å²) in [4.78, 5) is 0. The van der Waals surface area contributed by atoms with Crippen LogP contribution in [0, 0.1) is 0 Å². The smallest absolute Gasteiger partial charge is 0.242 e. The van der Waals surface area contributed by atoms with Crippen LogP contribution in [0.1, 0.15) is 37.8 Å². The highest BCUT2D eigenvalue weighted by Crippen LogP contribution is 2.22. The van der Waals surface area contributed by atoms with Gasteiger partial charge in [0.05, 0.1) is 12.1 Å². The van der Waals surface area contributed by atoms with Gasteiger partial charge in [0.2, 0.25) is 8.32 Å². The summed E-state index contributed by atoms with van der Waals surface area (Å²) < 4.78 is 5.90. The van der Waals surface area contributed by atoms with Gasteiger partial charge in [-0.2, -0.15) is 0 Å². The van der Waals surface area contributed by atoms with Gasteiger partial charge in [0.25, 0.3) is 0 Å². The normalized spacial score (nSPS) is 15.1. The summed E-state index contributed by atoms with van der Waals surface area (Å²) in [5.74, 6) is 0.887. The largest absolute Gasteiger partial charge is 0.544 e. The first-order valence-electron chi connectivity index (χ1n) is 7.06. The van der Waals surface area contributed by atoms with Gasteiger partial charge in [-0.05, 0) is 43.8 Å². The molecule has 0 aliphatic carbocycles. The maximum atomic E-state index is 10.0. The fourth-order valence-electron chi connectivity index (χ4n) is 1.93. The van der Waals surface area contributed by atoms with Crippen LogP contribution in [0.3, 0.4) is 0 Å². The number of rotatable bonds is 7. The Kier molecular flexibility index (Phi) is 6.04. The van der Waals surface area contributed by atoms with Crippen LogP contribution in [-0.2, 0) is 0 Å². The van der Waals surface area contributed by atoms with Crippen molar-refractivity contribution >= 4 is 8.32 Å². The molecule has 0 unspecified atom stereocenters. The molecular formula is C15H27NO2Si. The van der Waals surface area contributed by atoms with E-state index in [1.807, 2.05) is 24.3 Å². The van der Waals surface area contributed by atoms with E-state index in [4.69, 9.17) is 10.2 Å². The zero-order valence-electron chi connectivity index (χ0n) is 12.5. The minimum atomic E-state index is -1.56. The van der Waals surface area contributed by atoms with Gasteiger partial charge < -0.3 is 15.3 Å². The average molecular weight is 281 g/mol. The number of hydrogen-bond donors (Lipinski definition) is 2. The SMILES string of the molecule is CCCC[C@H](O)[C@H](N)c1ccc(O[Si](C)(C)C)cc1. The van der Waals surface area contributed by atoms with E-state index >= 15 is 0 Å². The molecule has 1 aromatic rings. The molecule has 108 valence electrons. The Morgan fingerprint density at radius 3 is 2.26 bits per heavy atom. The molecule has 0 amide bonds. The number of aliphatic hydroxyl groups excluding tert-OH is 1. The molecule has 4 heteroatoms. The molecule has 0 saturated heterocycles. The highest BCUT2D eigenvalue weighted by Gasteiger charge is 2.18. The van der Waals surface area contributed by atoms with Crippen molar-refractivity contribution in [1.82, 2.24) is 0 Å². The quantitative estimate of drug-likeness (QED) is 0.753. The van der Waals surface area contributed by atoms with Crippen LogP contribution >= 0.6 is 0 Å². The molecule has 0 saturated carbocycles. The van der Waals surface area contributed by atoms with Crippen LogP contribution in [0.5, 0.6) is 5.75 Å². The van der Waals surface area contributed by atoms with E-state index < -0.39 is 14.4 Å². The summed E-state index contributed by atoms with van der Waals surface area (Å²) in [6, 6.07) is 7.48. The van der Waals surface area contributed by atoms with Crippen molar-refractivity contribution in [2.24, 2.45) is 5.73 Å². The molecule has 0 aliphatic rings. The monoisotopic (exact) mass is 281 g/mol. The lowest BCUT2D eigenvalue weighted by molar-refractivity contribution is 0.132. The average Bonchev–Trinajstić information content (AvgIpc) is 2.34. The van der Waals surface area contributed by atoms with E-state index in [2.05, 4.69) is 26.6 Å². The van der Waals surface area contributed by atoms with E-state index in [1.54, 1.807) is 0 Å². The summed E-state index contributed by atoms with van der Waals surface area (Å²) in [5.41, 5.74) is 7.04. The summed E-state index contributed by atoms with van der Waals surface area (Å²) in [6.45, 7) is 8.57. The molecule has 1 aromatic carbocycles. The topological polar surface area (TPSA) is 55.5 Å². The van der Waals surface area contributed by atoms with Crippen molar-refractivity contribution in [3.8, 4) is 5.75 Å². The number of benzene rings is 1. The van der Waals surface area contributed by atoms with E-state index in [9.17, 15) is 5.11 Å². The Hall–Kier alpha value is -0.843. The van der Waals surface area contributed by atoms with Gasteiger partial charge in [-0.15, -0.1) is 0 Å². The predicted octanol–water partition coefficient (Wildman–Crippen LogP) is 3.45. The second-order valence-electron chi connectivity index (χ2n) is 6.02. The van der Waals surface area contributed by atoms with E-state index in [1.165, 1.54) is 0 Å². The van der Waals surface area contributed by atoms with E-state index in [0.29, 0.717) is 0 Å². The van der Waals surface area contributed by atoms with Crippen LogP contribution in [0.2, 0.25) is 19.6 Å². The van der Waals surface area contributed by atoms with Crippen LogP contribution in [0.25, 0.3) is 0 Å². The first kappa shape index (κ1) is 16.2. The second-order valence-corrected chi connectivity index (χ2v) is 10.4. The minimum Gasteiger partial charge on any atom is -0.544 e. The lowest BCUT2D eigenvalue weighted by Crippen LogP contribution is -2.29. The van der Waals surface area contributed by atoms with Gasteiger partial charge in [0, 0.05) is 0 Å². The number of hydrogen-bond acceptors (Lipinski definition) is 3. The maximum Gasteiger partial charge on any atom is 0.242 e. The fourth-order valence-corrected chi connectivity index (χ4v) is 2.77. The molecule has 0 fully saturated rings. The zero-order chi connectivity index (χ0) is 14.5. The third kappa shape index (κ3) is 5.76. The Morgan fingerprint density at radius 2 is 1.79 bits per heavy atom. The maximum absolute atomic E-state index is 10.0. The molecule has 1 rings (SSSR count). The molecular weight excluding hydrogens is 254 g/mol. The summed E-state index contributed by atoms with van der Waals surface area (Å²) >= 11 is 0.